The van der Waals surface area contributed by atoms with Gasteiger partial charge in [0.2, 0.25) is 0 Å². The molecule has 2 aromatic heterocycles. The van der Waals surface area contributed by atoms with Crippen LogP contribution < -0.4 is 5.32 Å². The van der Waals surface area contributed by atoms with Gasteiger partial charge in [-0.25, -0.2) is 4.98 Å². The van der Waals surface area contributed by atoms with Gasteiger partial charge in [0, 0.05) is 34.2 Å². The summed E-state index contributed by atoms with van der Waals surface area (Å²) >= 11 is 5.93. The number of benzene rings is 2. The molecule has 0 saturated carbocycles. The van der Waals surface area contributed by atoms with E-state index in [9.17, 15) is 0 Å². The van der Waals surface area contributed by atoms with Gasteiger partial charge in [-0.05, 0) is 42.5 Å². The third-order valence-electron chi connectivity index (χ3n) is 3.67. The maximum absolute atomic E-state index is 5.93. The SMILES string of the molecule is Cn1ncc2cc3c(Nc4ccc(Cl)cc4)cccc3nc21. The Balaban J connectivity index is 1.86. The maximum Gasteiger partial charge on any atom is 0.158 e. The summed E-state index contributed by atoms with van der Waals surface area (Å²) in [6.07, 6.45) is 1.83. The van der Waals surface area contributed by atoms with E-state index in [-0.39, 0.29) is 0 Å². The van der Waals surface area contributed by atoms with E-state index in [1.54, 1.807) is 4.68 Å². The minimum absolute atomic E-state index is 0.724. The lowest BCUT2D eigenvalue weighted by Crippen LogP contribution is -1.94. The van der Waals surface area contributed by atoms with Gasteiger partial charge in [-0.3, -0.25) is 4.68 Å². The van der Waals surface area contributed by atoms with Crippen LogP contribution in [0.2, 0.25) is 5.02 Å². The average Bonchev–Trinajstić information content (AvgIpc) is 2.89. The van der Waals surface area contributed by atoms with Gasteiger partial charge in [0.1, 0.15) is 0 Å². The molecule has 0 atom stereocenters. The van der Waals surface area contributed by atoms with E-state index in [0.29, 0.717) is 0 Å². The van der Waals surface area contributed by atoms with Gasteiger partial charge in [0.25, 0.3) is 0 Å². The molecule has 108 valence electrons. The van der Waals surface area contributed by atoms with E-state index >= 15 is 0 Å². The van der Waals surface area contributed by atoms with Crippen molar-refractivity contribution in [3.8, 4) is 0 Å². The smallest absolute Gasteiger partial charge is 0.158 e. The number of fused-ring (bicyclic) bond motifs is 2. The van der Waals surface area contributed by atoms with E-state index in [4.69, 9.17) is 16.6 Å². The summed E-state index contributed by atoms with van der Waals surface area (Å²) in [6.45, 7) is 0. The summed E-state index contributed by atoms with van der Waals surface area (Å²) in [4.78, 5) is 4.69. The monoisotopic (exact) mass is 308 g/mol. The maximum atomic E-state index is 5.93. The van der Waals surface area contributed by atoms with Gasteiger partial charge in [0.15, 0.2) is 5.65 Å². The molecule has 5 heteroatoms. The van der Waals surface area contributed by atoms with Crippen LogP contribution in [0.25, 0.3) is 21.9 Å². The zero-order valence-corrected chi connectivity index (χ0v) is 12.7. The predicted octanol–water partition coefficient (Wildman–Crippen LogP) is 4.52. The van der Waals surface area contributed by atoms with Crippen molar-refractivity contribution in [3.05, 3.63) is 59.8 Å². The molecule has 4 nitrogen and oxygen atoms in total. The summed E-state index contributed by atoms with van der Waals surface area (Å²) in [5.41, 5.74) is 3.83. The molecule has 2 heterocycles. The highest BCUT2D eigenvalue weighted by molar-refractivity contribution is 6.30. The number of rotatable bonds is 2. The van der Waals surface area contributed by atoms with Crippen molar-refractivity contribution in [2.24, 2.45) is 7.05 Å². The third kappa shape index (κ3) is 2.18. The molecule has 0 spiro atoms. The number of hydrogen-bond donors (Lipinski definition) is 1. The zero-order chi connectivity index (χ0) is 15.1. The standard InChI is InChI=1S/C17H13ClN4/c1-22-17-11(10-19-22)9-14-15(3-2-4-16(14)21-17)20-13-7-5-12(18)6-8-13/h2-10,20H,1H3. The Morgan fingerprint density at radius 3 is 2.73 bits per heavy atom. The van der Waals surface area contributed by atoms with Crippen molar-refractivity contribution in [1.82, 2.24) is 14.8 Å². The second-order valence-electron chi connectivity index (χ2n) is 5.17. The van der Waals surface area contributed by atoms with Crippen molar-refractivity contribution in [2.45, 2.75) is 0 Å². The van der Waals surface area contributed by atoms with Gasteiger partial charge >= 0.3 is 0 Å². The molecule has 4 aromatic rings. The molecule has 2 aromatic carbocycles. The van der Waals surface area contributed by atoms with Crippen molar-refractivity contribution >= 4 is 44.9 Å². The highest BCUT2D eigenvalue weighted by Gasteiger charge is 2.07. The van der Waals surface area contributed by atoms with E-state index in [0.717, 1.165) is 38.3 Å². The number of halogens is 1. The molecule has 0 amide bonds. The van der Waals surface area contributed by atoms with E-state index < -0.39 is 0 Å². The topological polar surface area (TPSA) is 42.7 Å². The molecular weight excluding hydrogens is 296 g/mol. The van der Waals surface area contributed by atoms with E-state index in [1.165, 1.54) is 0 Å². The minimum atomic E-state index is 0.724. The molecule has 0 aliphatic rings. The summed E-state index contributed by atoms with van der Waals surface area (Å²) in [5, 5.41) is 10.5. The molecule has 0 bridgehead atoms. The number of aromatic nitrogens is 3. The molecule has 0 unspecified atom stereocenters. The lowest BCUT2D eigenvalue weighted by atomic mass is 10.1. The van der Waals surface area contributed by atoms with Gasteiger partial charge < -0.3 is 5.32 Å². The molecule has 0 saturated heterocycles. The van der Waals surface area contributed by atoms with Crippen LogP contribution in [0.3, 0.4) is 0 Å². The van der Waals surface area contributed by atoms with Crippen LogP contribution in [0.5, 0.6) is 0 Å². The first-order valence-corrected chi connectivity index (χ1v) is 7.32. The second-order valence-corrected chi connectivity index (χ2v) is 5.61. The Hall–Kier alpha value is -2.59. The Morgan fingerprint density at radius 2 is 1.91 bits per heavy atom. The number of anilines is 2. The van der Waals surface area contributed by atoms with Crippen LogP contribution in [-0.4, -0.2) is 14.8 Å². The Kier molecular flexibility index (Phi) is 2.98. The summed E-state index contributed by atoms with van der Waals surface area (Å²) in [5.74, 6) is 0. The number of hydrogen-bond acceptors (Lipinski definition) is 3. The molecule has 4 rings (SSSR count). The highest BCUT2D eigenvalue weighted by atomic mass is 35.5. The lowest BCUT2D eigenvalue weighted by molar-refractivity contribution is 0.788. The molecule has 0 radical (unpaired) electrons. The molecule has 1 N–H and O–H groups in total. The lowest BCUT2D eigenvalue weighted by Gasteiger charge is -2.10. The first kappa shape index (κ1) is 13.1. The average molecular weight is 309 g/mol. The number of aryl methyl sites for hydroxylation is 1. The van der Waals surface area contributed by atoms with Gasteiger partial charge in [-0.1, -0.05) is 17.7 Å². The quantitative estimate of drug-likeness (QED) is 0.592. The van der Waals surface area contributed by atoms with Crippen molar-refractivity contribution in [3.63, 3.8) is 0 Å². The van der Waals surface area contributed by atoms with Crippen LogP contribution in [0.1, 0.15) is 0 Å². The van der Waals surface area contributed by atoms with Crippen LogP contribution in [0.4, 0.5) is 11.4 Å². The summed E-state index contributed by atoms with van der Waals surface area (Å²) in [7, 11) is 1.90. The fourth-order valence-electron chi connectivity index (χ4n) is 2.56. The van der Waals surface area contributed by atoms with Gasteiger partial charge in [-0.15, -0.1) is 0 Å². The van der Waals surface area contributed by atoms with E-state index in [1.807, 2.05) is 55.7 Å². The first-order valence-electron chi connectivity index (χ1n) is 6.95. The van der Waals surface area contributed by atoms with Crippen LogP contribution >= 0.6 is 11.6 Å². The summed E-state index contributed by atoms with van der Waals surface area (Å²) < 4.78 is 1.79. The largest absolute Gasteiger partial charge is 0.355 e. The molecule has 0 aliphatic heterocycles. The molecule has 22 heavy (non-hydrogen) atoms. The van der Waals surface area contributed by atoms with Crippen molar-refractivity contribution < 1.29 is 0 Å². The number of nitrogens with zero attached hydrogens (tertiary/aromatic N) is 3. The Labute approximate surface area is 132 Å². The highest BCUT2D eigenvalue weighted by Crippen LogP contribution is 2.28. The summed E-state index contributed by atoms with van der Waals surface area (Å²) in [6, 6.07) is 15.8. The van der Waals surface area contributed by atoms with Crippen molar-refractivity contribution in [2.75, 3.05) is 5.32 Å². The minimum Gasteiger partial charge on any atom is -0.355 e. The number of nitrogens with one attached hydrogen (secondary N) is 1. The van der Waals surface area contributed by atoms with Crippen LogP contribution in [0.15, 0.2) is 54.7 Å². The fourth-order valence-corrected chi connectivity index (χ4v) is 2.68. The van der Waals surface area contributed by atoms with Crippen molar-refractivity contribution in [1.29, 1.82) is 0 Å². The van der Waals surface area contributed by atoms with Gasteiger partial charge in [0.05, 0.1) is 11.7 Å². The normalized spacial score (nSPS) is 11.2. The predicted molar refractivity (Wildman–Crippen MR) is 90.7 cm³/mol. The molecule has 0 fully saturated rings. The second kappa shape index (κ2) is 5.00. The first-order chi connectivity index (χ1) is 10.7. The third-order valence-corrected chi connectivity index (χ3v) is 3.92. The Morgan fingerprint density at radius 1 is 1.09 bits per heavy atom. The number of pyridine rings is 1. The Bertz CT molecular complexity index is 973. The van der Waals surface area contributed by atoms with Gasteiger partial charge in [-0.2, -0.15) is 5.10 Å². The van der Waals surface area contributed by atoms with Crippen LogP contribution in [-0.2, 0) is 7.05 Å². The fraction of sp³-hybridized carbons (Fsp3) is 0.0588. The van der Waals surface area contributed by atoms with E-state index in [2.05, 4.69) is 16.5 Å². The van der Waals surface area contributed by atoms with Crippen LogP contribution in [0, 0.1) is 0 Å². The molecule has 0 aliphatic carbocycles. The zero-order valence-electron chi connectivity index (χ0n) is 11.9. The molecular formula is C17H13ClN4.